The van der Waals surface area contributed by atoms with Gasteiger partial charge in [0.1, 0.15) is 11.5 Å². The average Bonchev–Trinajstić information content (AvgIpc) is 2.68. The monoisotopic (exact) mass is 364 g/mol. The number of carbonyl (C=O) groups excluding carboxylic acids is 1. The van der Waals surface area contributed by atoms with Crippen LogP contribution in [0.2, 0.25) is 0 Å². The molecule has 2 aromatic carbocycles. The molecule has 5 heteroatoms. The Morgan fingerprint density at radius 1 is 1.07 bits per heavy atom. The van der Waals surface area contributed by atoms with Gasteiger partial charge in [0.2, 0.25) is 0 Å². The minimum Gasteiger partial charge on any atom is -0.497 e. The molecule has 0 unspecified atom stereocenters. The summed E-state index contributed by atoms with van der Waals surface area (Å²) in [6.07, 6.45) is 0. The largest absolute Gasteiger partial charge is 0.497 e. The molecule has 0 aliphatic rings. The van der Waals surface area contributed by atoms with E-state index in [1.807, 2.05) is 62.4 Å². The maximum Gasteiger partial charge on any atom is 0.255 e. The van der Waals surface area contributed by atoms with Crippen molar-refractivity contribution < 1.29 is 14.3 Å². The lowest BCUT2D eigenvalue weighted by molar-refractivity contribution is 0.0784. The summed E-state index contributed by atoms with van der Waals surface area (Å²) in [7, 11) is 3.42. The normalized spacial score (nSPS) is 10.7. The number of amides is 1. The van der Waals surface area contributed by atoms with E-state index in [2.05, 4.69) is 4.98 Å². The Bertz CT molecular complexity index is 952. The molecule has 5 nitrogen and oxygen atoms in total. The van der Waals surface area contributed by atoms with E-state index in [9.17, 15) is 4.79 Å². The van der Waals surface area contributed by atoms with Gasteiger partial charge in [-0.25, -0.2) is 0 Å². The summed E-state index contributed by atoms with van der Waals surface area (Å²) in [5, 5.41) is 0.887. The SMILES string of the molecule is CCOc1ccc(CN(C)C(=O)c2cc3cc(OC)ccc3nc2C)cc1. The van der Waals surface area contributed by atoms with Gasteiger partial charge in [-0.1, -0.05) is 12.1 Å². The van der Waals surface area contributed by atoms with Crippen LogP contribution < -0.4 is 9.47 Å². The maximum atomic E-state index is 13.0. The summed E-state index contributed by atoms with van der Waals surface area (Å²) in [4.78, 5) is 19.2. The molecule has 0 N–H and O–H groups in total. The molecule has 3 aromatic rings. The maximum absolute atomic E-state index is 13.0. The number of pyridine rings is 1. The molecule has 27 heavy (non-hydrogen) atoms. The first kappa shape index (κ1) is 18.7. The number of aryl methyl sites for hydroxylation is 1. The Kier molecular flexibility index (Phi) is 5.60. The lowest BCUT2D eigenvalue weighted by Gasteiger charge is -2.19. The molecule has 0 aliphatic heterocycles. The second-order valence-corrected chi connectivity index (χ2v) is 6.42. The molecular weight excluding hydrogens is 340 g/mol. The summed E-state index contributed by atoms with van der Waals surface area (Å²) in [5.74, 6) is 1.52. The van der Waals surface area contributed by atoms with Crippen molar-refractivity contribution in [2.45, 2.75) is 20.4 Å². The summed E-state index contributed by atoms with van der Waals surface area (Å²) < 4.78 is 10.7. The van der Waals surface area contributed by atoms with Gasteiger partial charge in [0, 0.05) is 19.0 Å². The van der Waals surface area contributed by atoms with Crippen LogP contribution >= 0.6 is 0 Å². The molecule has 140 valence electrons. The molecule has 1 aromatic heterocycles. The van der Waals surface area contributed by atoms with E-state index in [0.717, 1.165) is 33.7 Å². The lowest BCUT2D eigenvalue weighted by atomic mass is 10.1. The van der Waals surface area contributed by atoms with Gasteiger partial charge in [0.05, 0.1) is 30.5 Å². The van der Waals surface area contributed by atoms with E-state index in [0.29, 0.717) is 18.7 Å². The van der Waals surface area contributed by atoms with E-state index in [1.54, 1.807) is 19.1 Å². The first-order chi connectivity index (χ1) is 13.0. The van der Waals surface area contributed by atoms with Crippen LogP contribution in [0.1, 0.15) is 28.5 Å². The highest BCUT2D eigenvalue weighted by molar-refractivity contribution is 5.98. The zero-order valence-corrected chi connectivity index (χ0v) is 16.2. The number of methoxy groups -OCH3 is 1. The van der Waals surface area contributed by atoms with Crippen LogP contribution in [0.4, 0.5) is 0 Å². The van der Waals surface area contributed by atoms with Gasteiger partial charge in [-0.2, -0.15) is 0 Å². The Labute approximate surface area is 159 Å². The first-order valence-corrected chi connectivity index (χ1v) is 8.94. The second kappa shape index (κ2) is 8.08. The quantitative estimate of drug-likeness (QED) is 0.657. The van der Waals surface area contributed by atoms with Crippen molar-refractivity contribution in [1.29, 1.82) is 0 Å². The third-order valence-electron chi connectivity index (χ3n) is 4.44. The highest BCUT2D eigenvalue weighted by atomic mass is 16.5. The highest BCUT2D eigenvalue weighted by Gasteiger charge is 2.16. The van der Waals surface area contributed by atoms with Gasteiger partial charge in [-0.3, -0.25) is 9.78 Å². The minimum atomic E-state index is -0.0568. The number of hydrogen-bond donors (Lipinski definition) is 0. The summed E-state index contributed by atoms with van der Waals surface area (Å²) in [6, 6.07) is 15.4. The van der Waals surface area contributed by atoms with Crippen LogP contribution in [0.5, 0.6) is 11.5 Å². The standard InChI is InChI=1S/C22H24N2O3/c1-5-27-18-8-6-16(7-9-18)14-24(3)22(25)20-13-17-12-19(26-4)10-11-21(17)23-15(20)2/h6-13H,5,14H2,1-4H3. The van der Waals surface area contributed by atoms with Crippen molar-refractivity contribution in [3.05, 3.63) is 65.4 Å². The Hall–Kier alpha value is -3.08. The van der Waals surface area contributed by atoms with Gasteiger partial charge in [0.25, 0.3) is 5.91 Å². The average molecular weight is 364 g/mol. The molecule has 0 saturated carbocycles. The third-order valence-corrected chi connectivity index (χ3v) is 4.44. The topological polar surface area (TPSA) is 51.7 Å². The molecule has 3 rings (SSSR count). The molecule has 0 bridgehead atoms. The van der Waals surface area contributed by atoms with Gasteiger partial charge < -0.3 is 14.4 Å². The smallest absolute Gasteiger partial charge is 0.255 e. The summed E-state index contributed by atoms with van der Waals surface area (Å²) in [6.45, 7) is 4.97. The molecular formula is C22H24N2O3. The molecule has 0 radical (unpaired) electrons. The number of rotatable bonds is 6. The van der Waals surface area contributed by atoms with Gasteiger partial charge in [0.15, 0.2) is 0 Å². The lowest BCUT2D eigenvalue weighted by Crippen LogP contribution is -2.27. The van der Waals surface area contributed by atoms with E-state index in [4.69, 9.17) is 9.47 Å². The van der Waals surface area contributed by atoms with Gasteiger partial charge in [-0.15, -0.1) is 0 Å². The van der Waals surface area contributed by atoms with E-state index in [-0.39, 0.29) is 5.91 Å². The predicted octanol–water partition coefficient (Wildman–Crippen LogP) is 4.22. The van der Waals surface area contributed by atoms with E-state index >= 15 is 0 Å². The Morgan fingerprint density at radius 3 is 2.44 bits per heavy atom. The number of benzene rings is 2. The number of aromatic nitrogens is 1. The Morgan fingerprint density at radius 2 is 1.78 bits per heavy atom. The van der Waals surface area contributed by atoms with Crippen LogP contribution in [-0.4, -0.2) is 36.6 Å². The second-order valence-electron chi connectivity index (χ2n) is 6.42. The van der Waals surface area contributed by atoms with Gasteiger partial charge in [-0.05, 0) is 55.8 Å². The van der Waals surface area contributed by atoms with Crippen molar-refractivity contribution >= 4 is 16.8 Å². The van der Waals surface area contributed by atoms with Crippen LogP contribution in [0.15, 0.2) is 48.5 Å². The number of ether oxygens (including phenoxy) is 2. The number of hydrogen-bond acceptors (Lipinski definition) is 4. The minimum absolute atomic E-state index is 0.0568. The Balaban J connectivity index is 1.82. The summed E-state index contributed by atoms with van der Waals surface area (Å²) in [5.41, 5.74) is 3.21. The number of fused-ring (bicyclic) bond motifs is 1. The van der Waals surface area contributed by atoms with Crippen LogP contribution in [0.3, 0.4) is 0 Å². The molecule has 0 aliphatic carbocycles. The number of nitrogens with zero attached hydrogens (tertiary/aromatic N) is 2. The van der Waals surface area contributed by atoms with Crippen molar-refractivity contribution in [3.8, 4) is 11.5 Å². The molecule has 0 atom stereocenters. The van der Waals surface area contributed by atoms with E-state index in [1.165, 1.54) is 0 Å². The fourth-order valence-corrected chi connectivity index (χ4v) is 3.00. The zero-order chi connectivity index (χ0) is 19.4. The van der Waals surface area contributed by atoms with E-state index < -0.39 is 0 Å². The fraction of sp³-hybridized carbons (Fsp3) is 0.273. The van der Waals surface area contributed by atoms with Gasteiger partial charge >= 0.3 is 0 Å². The highest BCUT2D eigenvalue weighted by Crippen LogP contribution is 2.23. The van der Waals surface area contributed by atoms with Crippen LogP contribution in [-0.2, 0) is 6.54 Å². The fourth-order valence-electron chi connectivity index (χ4n) is 3.00. The van der Waals surface area contributed by atoms with Crippen LogP contribution in [0, 0.1) is 6.92 Å². The van der Waals surface area contributed by atoms with Crippen molar-refractivity contribution in [3.63, 3.8) is 0 Å². The predicted molar refractivity (Wildman–Crippen MR) is 106 cm³/mol. The van der Waals surface area contributed by atoms with Crippen molar-refractivity contribution in [2.75, 3.05) is 20.8 Å². The molecule has 0 fully saturated rings. The van der Waals surface area contributed by atoms with Crippen LogP contribution in [0.25, 0.3) is 10.9 Å². The first-order valence-electron chi connectivity index (χ1n) is 8.94. The molecule has 1 amide bonds. The zero-order valence-electron chi connectivity index (χ0n) is 16.2. The molecule has 0 spiro atoms. The number of carbonyl (C=O) groups is 1. The van der Waals surface area contributed by atoms with Crippen molar-refractivity contribution in [2.24, 2.45) is 0 Å². The third kappa shape index (κ3) is 4.19. The molecule has 0 saturated heterocycles. The summed E-state index contributed by atoms with van der Waals surface area (Å²) >= 11 is 0. The van der Waals surface area contributed by atoms with Crippen molar-refractivity contribution in [1.82, 2.24) is 9.88 Å². The molecule has 1 heterocycles.